The van der Waals surface area contributed by atoms with E-state index >= 15 is 0 Å². The maximum absolute atomic E-state index is 13.9. The zero-order valence-electron chi connectivity index (χ0n) is 20.5. The van der Waals surface area contributed by atoms with E-state index < -0.39 is 5.60 Å². The second-order valence-corrected chi connectivity index (χ2v) is 9.89. The van der Waals surface area contributed by atoms with Crippen molar-refractivity contribution in [2.45, 2.75) is 89.4 Å². The lowest BCUT2D eigenvalue weighted by Gasteiger charge is -2.43. The Morgan fingerprint density at radius 2 is 1.80 bits per heavy atom. The highest BCUT2D eigenvalue weighted by atomic mass is 16.5. The Bertz CT molecular complexity index is 1210. The lowest BCUT2D eigenvalue weighted by molar-refractivity contribution is -0.169. The third-order valence-corrected chi connectivity index (χ3v) is 7.60. The first kappa shape index (κ1) is 23.7. The summed E-state index contributed by atoms with van der Waals surface area (Å²) in [7, 11) is 0. The summed E-state index contributed by atoms with van der Waals surface area (Å²) < 4.78 is 7.79. The molecule has 0 unspecified atom stereocenters. The van der Waals surface area contributed by atoms with Crippen LogP contribution in [0.2, 0.25) is 0 Å². The normalized spacial score (nSPS) is 18.5. The Morgan fingerprint density at radius 1 is 1.09 bits per heavy atom. The topological polar surface area (TPSA) is 92.6 Å². The van der Waals surface area contributed by atoms with Gasteiger partial charge in [0.15, 0.2) is 5.82 Å². The molecular formula is C27H35N5O3. The molecule has 3 aromatic rings. The number of likely N-dealkylation sites (N-methyl/N-ethyl adjacent to an activating group) is 1. The number of carbonyl (C=O) groups excluding carboxylic acids is 1. The standard InChI is InChI=1S/C27H35N5O3/c1-2-31(22-14-8-4-9-15-22)25(34)27(16-10-5-11-17-27)35-19-21-18-23(33)32-26(28-21)29-24(30-32)20-12-6-3-7-13-20/h3,6-7,12-13,18,22H,2,4-5,8-11,14-17,19H2,1H3,(H,28,29,30). The predicted octanol–water partition coefficient (Wildman–Crippen LogP) is 4.49. The first-order valence-corrected chi connectivity index (χ1v) is 13.1. The van der Waals surface area contributed by atoms with Gasteiger partial charge in [-0.1, -0.05) is 68.9 Å². The van der Waals surface area contributed by atoms with Crippen molar-refractivity contribution in [2.75, 3.05) is 6.54 Å². The van der Waals surface area contributed by atoms with Gasteiger partial charge in [0, 0.05) is 24.2 Å². The molecule has 0 aliphatic heterocycles. The minimum atomic E-state index is -0.834. The molecular weight excluding hydrogens is 442 g/mol. The maximum Gasteiger partial charge on any atom is 0.274 e. The van der Waals surface area contributed by atoms with Crippen molar-refractivity contribution in [2.24, 2.45) is 0 Å². The number of rotatable bonds is 7. The van der Waals surface area contributed by atoms with Gasteiger partial charge < -0.3 is 9.64 Å². The number of hydrogen-bond acceptors (Lipinski definition) is 5. The van der Waals surface area contributed by atoms with Crippen LogP contribution in [0.4, 0.5) is 0 Å². The van der Waals surface area contributed by atoms with Gasteiger partial charge in [-0.25, -0.2) is 4.98 Å². The zero-order chi connectivity index (χ0) is 24.3. The minimum absolute atomic E-state index is 0.118. The first-order valence-electron chi connectivity index (χ1n) is 13.1. The van der Waals surface area contributed by atoms with Crippen molar-refractivity contribution >= 4 is 11.7 Å². The molecule has 0 radical (unpaired) electrons. The molecule has 2 fully saturated rings. The fraction of sp³-hybridized carbons (Fsp3) is 0.556. The van der Waals surface area contributed by atoms with Crippen LogP contribution in [-0.2, 0) is 16.1 Å². The van der Waals surface area contributed by atoms with E-state index in [9.17, 15) is 9.59 Å². The van der Waals surface area contributed by atoms with E-state index in [2.05, 4.69) is 26.9 Å². The Hall–Kier alpha value is -3.00. The fourth-order valence-corrected chi connectivity index (χ4v) is 5.70. The molecule has 1 aromatic carbocycles. The quantitative estimate of drug-likeness (QED) is 0.541. The van der Waals surface area contributed by atoms with E-state index in [4.69, 9.17) is 4.74 Å². The average Bonchev–Trinajstić information content (AvgIpc) is 3.35. The monoisotopic (exact) mass is 477 g/mol. The number of nitrogens with one attached hydrogen (secondary N) is 1. The Labute approximate surface area is 205 Å². The molecule has 5 rings (SSSR count). The van der Waals surface area contributed by atoms with Gasteiger partial charge in [-0.2, -0.15) is 9.50 Å². The summed E-state index contributed by atoms with van der Waals surface area (Å²) in [5, 5.41) is 3.03. The average molecular weight is 478 g/mol. The third kappa shape index (κ3) is 4.89. The Morgan fingerprint density at radius 3 is 2.51 bits per heavy atom. The van der Waals surface area contributed by atoms with Crippen LogP contribution in [-0.4, -0.2) is 48.6 Å². The fourth-order valence-electron chi connectivity index (χ4n) is 5.70. The Balaban J connectivity index is 1.38. The molecule has 8 heteroatoms. The van der Waals surface area contributed by atoms with Crippen LogP contribution in [0.15, 0.2) is 41.2 Å². The van der Waals surface area contributed by atoms with Crippen LogP contribution in [0.1, 0.15) is 76.8 Å². The molecule has 186 valence electrons. The molecule has 2 aliphatic rings. The number of ether oxygens (including phenoxy) is 1. The van der Waals surface area contributed by atoms with Crippen molar-refractivity contribution in [1.29, 1.82) is 0 Å². The number of fused-ring (bicyclic) bond motifs is 1. The molecule has 0 bridgehead atoms. The van der Waals surface area contributed by atoms with Crippen molar-refractivity contribution in [3.05, 3.63) is 52.4 Å². The molecule has 2 aromatic heterocycles. The maximum atomic E-state index is 13.9. The number of H-pyrrole nitrogens is 1. The van der Waals surface area contributed by atoms with Crippen LogP contribution >= 0.6 is 0 Å². The highest BCUT2D eigenvalue weighted by Crippen LogP contribution is 2.36. The van der Waals surface area contributed by atoms with Gasteiger partial charge in [-0.05, 0) is 32.6 Å². The van der Waals surface area contributed by atoms with Crippen LogP contribution in [0.5, 0.6) is 0 Å². The molecule has 0 saturated heterocycles. The first-order chi connectivity index (χ1) is 17.1. The number of nitrogens with zero attached hydrogens (tertiary/aromatic N) is 4. The molecule has 2 aliphatic carbocycles. The minimum Gasteiger partial charge on any atom is -0.359 e. The summed E-state index contributed by atoms with van der Waals surface area (Å²) in [5.41, 5.74) is 0.299. The summed E-state index contributed by atoms with van der Waals surface area (Å²) in [6, 6.07) is 11.4. The van der Waals surface area contributed by atoms with Crippen LogP contribution in [0.25, 0.3) is 17.2 Å². The van der Waals surface area contributed by atoms with E-state index in [1.807, 2.05) is 30.3 Å². The van der Waals surface area contributed by atoms with E-state index in [1.54, 1.807) is 0 Å². The number of carbonyl (C=O) groups is 1. The molecule has 1 N–H and O–H groups in total. The second kappa shape index (κ2) is 10.3. The van der Waals surface area contributed by atoms with Gasteiger partial charge in [0.2, 0.25) is 0 Å². The van der Waals surface area contributed by atoms with Crippen molar-refractivity contribution < 1.29 is 9.53 Å². The molecule has 35 heavy (non-hydrogen) atoms. The van der Waals surface area contributed by atoms with Gasteiger partial charge in [0.1, 0.15) is 5.60 Å². The van der Waals surface area contributed by atoms with E-state index in [0.29, 0.717) is 29.9 Å². The number of aromatic nitrogens is 4. The smallest absolute Gasteiger partial charge is 0.274 e. The molecule has 0 spiro atoms. The zero-order valence-corrected chi connectivity index (χ0v) is 20.5. The number of amides is 1. The van der Waals surface area contributed by atoms with Crippen molar-refractivity contribution in [1.82, 2.24) is 24.5 Å². The van der Waals surface area contributed by atoms with E-state index in [1.165, 1.54) is 29.8 Å². The lowest BCUT2D eigenvalue weighted by Crippen LogP contribution is -2.55. The van der Waals surface area contributed by atoms with Crippen LogP contribution in [0.3, 0.4) is 0 Å². The predicted molar refractivity (Wildman–Crippen MR) is 134 cm³/mol. The van der Waals surface area contributed by atoms with Crippen LogP contribution < -0.4 is 5.56 Å². The number of benzene rings is 1. The number of hydrogen-bond donors (Lipinski definition) is 1. The van der Waals surface area contributed by atoms with Crippen LogP contribution in [0, 0.1) is 0 Å². The molecule has 2 heterocycles. The summed E-state index contributed by atoms with van der Waals surface area (Å²) in [4.78, 5) is 37.9. The summed E-state index contributed by atoms with van der Waals surface area (Å²) in [6.07, 6.45) is 10.3. The van der Waals surface area contributed by atoms with Gasteiger partial charge >= 0.3 is 0 Å². The summed E-state index contributed by atoms with van der Waals surface area (Å²) in [6.45, 7) is 2.89. The summed E-state index contributed by atoms with van der Waals surface area (Å²) in [5.74, 6) is 1.00. The van der Waals surface area contributed by atoms with Gasteiger partial charge in [-0.3, -0.25) is 14.7 Å². The van der Waals surface area contributed by atoms with Gasteiger partial charge in [0.25, 0.3) is 17.2 Å². The third-order valence-electron chi connectivity index (χ3n) is 7.60. The van der Waals surface area contributed by atoms with E-state index in [-0.39, 0.29) is 18.1 Å². The number of aromatic amines is 1. The molecule has 1 amide bonds. The molecule has 0 atom stereocenters. The Kier molecular flexibility index (Phi) is 7.00. The van der Waals surface area contributed by atoms with Gasteiger partial charge in [-0.15, -0.1) is 0 Å². The van der Waals surface area contributed by atoms with Crippen molar-refractivity contribution in [3.63, 3.8) is 0 Å². The lowest BCUT2D eigenvalue weighted by atomic mass is 9.82. The molecule has 2 saturated carbocycles. The van der Waals surface area contributed by atoms with Crippen molar-refractivity contribution in [3.8, 4) is 11.4 Å². The SMILES string of the molecule is CCN(C(=O)C1(OCc2cc(=O)n3[nH]c(-c4ccccc4)nc3n2)CCCCC1)C1CCCCC1. The van der Waals surface area contributed by atoms with Gasteiger partial charge in [0.05, 0.1) is 12.3 Å². The molecule has 8 nitrogen and oxygen atoms in total. The largest absolute Gasteiger partial charge is 0.359 e. The highest BCUT2D eigenvalue weighted by Gasteiger charge is 2.44. The highest BCUT2D eigenvalue weighted by molar-refractivity contribution is 5.85. The summed E-state index contributed by atoms with van der Waals surface area (Å²) >= 11 is 0. The second-order valence-electron chi connectivity index (χ2n) is 9.89. The van der Waals surface area contributed by atoms with E-state index in [0.717, 1.165) is 50.5 Å².